The Morgan fingerprint density at radius 1 is 0.643 bits per heavy atom. The Labute approximate surface area is 164 Å². The first kappa shape index (κ1) is 24.4. The van der Waals surface area contributed by atoms with E-state index in [0.717, 1.165) is 19.3 Å². The molecule has 0 aliphatic rings. The minimum atomic E-state index is -2.18. The molecule has 2 nitrogen and oxygen atoms in total. The predicted molar refractivity (Wildman–Crippen MR) is 101 cm³/mol. The number of halogens is 5. The largest absolute Gasteiger partial charge is 0.391 e. The average Bonchev–Trinajstić information content (AvgIpc) is 2.70. The molecule has 0 radical (unpaired) electrons. The number of hydrogen-bond donors (Lipinski definition) is 0. The fourth-order valence-electron chi connectivity index (χ4n) is 2.88. The van der Waals surface area contributed by atoms with Crippen LogP contribution in [-0.4, -0.2) is 6.21 Å². The number of nitrogens with zero attached hydrogens (tertiary/aromatic N) is 1. The van der Waals surface area contributed by atoms with Crippen LogP contribution in [0.15, 0.2) is 5.16 Å². The lowest BCUT2D eigenvalue weighted by Gasteiger charge is -2.06. The fraction of sp³-hybridized carbons (Fsp3) is 0.667. The zero-order valence-electron chi connectivity index (χ0n) is 16.5. The van der Waals surface area contributed by atoms with Crippen LogP contribution in [0.25, 0.3) is 0 Å². The quantitative estimate of drug-likeness (QED) is 0.0733. The van der Waals surface area contributed by atoms with Crippen LogP contribution in [-0.2, 0) is 11.4 Å². The van der Waals surface area contributed by atoms with E-state index in [9.17, 15) is 22.0 Å². The van der Waals surface area contributed by atoms with Gasteiger partial charge in [0.05, 0.1) is 5.56 Å². The van der Waals surface area contributed by atoms with E-state index in [4.69, 9.17) is 0 Å². The Morgan fingerprint density at radius 3 is 1.57 bits per heavy atom. The highest BCUT2D eigenvalue weighted by Crippen LogP contribution is 2.23. The number of unbranched alkanes of at least 4 members (excludes halogenated alkanes) is 11. The Balaban J connectivity index is 2.10. The molecular formula is C21H30F5NO. The van der Waals surface area contributed by atoms with E-state index >= 15 is 0 Å². The van der Waals surface area contributed by atoms with Crippen molar-refractivity contribution in [2.45, 2.75) is 90.6 Å². The van der Waals surface area contributed by atoms with Gasteiger partial charge in [0.25, 0.3) is 0 Å². The smallest absolute Gasteiger partial charge is 0.200 e. The number of oxime groups is 1. The zero-order chi connectivity index (χ0) is 20.8. The van der Waals surface area contributed by atoms with Gasteiger partial charge in [-0.25, -0.2) is 22.0 Å². The Bertz CT molecular complexity index is 578. The maximum atomic E-state index is 13.4. The van der Waals surface area contributed by atoms with Gasteiger partial charge in [-0.3, -0.25) is 0 Å². The minimum Gasteiger partial charge on any atom is -0.391 e. The van der Waals surface area contributed by atoms with Crippen molar-refractivity contribution >= 4 is 6.21 Å². The summed E-state index contributed by atoms with van der Waals surface area (Å²) in [7, 11) is 0. The van der Waals surface area contributed by atoms with E-state index < -0.39 is 41.3 Å². The van der Waals surface area contributed by atoms with Gasteiger partial charge in [0.15, 0.2) is 23.3 Å². The highest BCUT2D eigenvalue weighted by Gasteiger charge is 2.25. The standard InChI is InChI=1S/C21H30F5NO/c1-2-3-4-5-6-7-8-9-10-11-12-13-14-27-28-15-16-17(22)19(24)21(26)20(25)18(16)23/h14H,2-13,15H2,1H3/b27-14+. The van der Waals surface area contributed by atoms with Crippen LogP contribution in [0.4, 0.5) is 22.0 Å². The zero-order valence-corrected chi connectivity index (χ0v) is 16.5. The van der Waals surface area contributed by atoms with E-state index in [1.165, 1.54) is 57.6 Å². The van der Waals surface area contributed by atoms with Crippen molar-refractivity contribution in [3.63, 3.8) is 0 Å². The maximum Gasteiger partial charge on any atom is 0.200 e. The predicted octanol–water partition coefficient (Wildman–Crippen LogP) is 7.59. The monoisotopic (exact) mass is 407 g/mol. The molecule has 0 spiro atoms. The molecule has 0 aromatic heterocycles. The molecule has 0 unspecified atom stereocenters. The summed E-state index contributed by atoms with van der Waals surface area (Å²) in [4.78, 5) is 4.66. The van der Waals surface area contributed by atoms with Crippen molar-refractivity contribution in [1.82, 2.24) is 0 Å². The lowest BCUT2D eigenvalue weighted by molar-refractivity contribution is 0.124. The van der Waals surface area contributed by atoms with Crippen molar-refractivity contribution < 1.29 is 26.8 Å². The summed E-state index contributed by atoms with van der Waals surface area (Å²) in [5, 5.41) is 3.52. The van der Waals surface area contributed by atoms with Crippen molar-refractivity contribution in [3.05, 3.63) is 34.6 Å². The van der Waals surface area contributed by atoms with Gasteiger partial charge in [-0.05, 0) is 12.8 Å². The first-order valence-corrected chi connectivity index (χ1v) is 10.1. The Kier molecular flexibility index (Phi) is 12.5. The third kappa shape index (κ3) is 8.57. The maximum absolute atomic E-state index is 13.4. The first-order valence-electron chi connectivity index (χ1n) is 10.1. The molecule has 0 heterocycles. The van der Waals surface area contributed by atoms with Crippen molar-refractivity contribution in [3.8, 4) is 0 Å². The molecule has 1 aromatic rings. The van der Waals surface area contributed by atoms with Gasteiger partial charge in [0, 0.05) is 6.21 Å². The lowest BCUT2D eigenvalue weighted by Crippen LogP contribution is -2.07. The summed E-state index contributed by atoms with van der Waals surface area (Å²) < 4.78 is 65.9. The summed E-state index contributed by atoms with van der Waals surface area (Å²) in [6.07, 6.45) is 15.5. The second-order valence-corrected chi connectivity index (χ2v) is 6.93. The molecule has 0 saturated heterocycles. The van der Waals surface area contributed by atoms with Crippen molar-refractivity contribution in [2.75, 3.05) is 0 Å². The molecule has 0 aliphatic carbocycles. The highest BCUT2D eigenvalue weighted by molar-refractivity contribution is 5.56. The van der Waals surface area contributed by atoms with Crippen LogP contribution >= 0.6 is 0 Å². The number of rotatable bonds is 15. The summed E-state index contributed by atoms with van der Waals surface area (Å²) in [6.45, 7) is 1.39. The summed E-state index contributed by atoms with van der Waals surface area (Å²) in [5.74, 6) is -9.93. The second kappa shape index (κ2) is 14.4. The van der Waals surface area contributed by atoms with Gasteiger partial charge >= 0.3 is 0 Å². The van der Waals surface area contributed by atoms with Crippen LogP contribution in [0.2, 0.25) is 0 Å². The SMILES string of the molecule is CCCCCCCCCCCCC/C=N/OCc1c(F)c(F)c(F)c(F)c1F. The molecule has 0 aliphatic heterocycles. The van der Waals surface area contributed by atoms with Gasteiger partial charge in [0.1, 0.15) is 6.61 Å². The lowest BCUT2D eigenvalue weighted by atomic mass is 10.1. The Hall–Kier alpha value is -1.66. The molecule has 1 aromatic carbocycles. The normalized spacial score (nSPS) is 11.5. The molecule has 0 amide bonds. The van der Waals surface area contributed by atoms with Crippen LogP contribution in [0.5, 0.6) is 0 Å². The van der Waals surface area contributed by atoms with Gasteiger partial charge in [0.2, 0.25) is 5.82 Å². The average molecular weight is 407 g/mol. The fourth-order valence-corrected chi connectivity index (χ4v) is 2.88. The summed E-state index contributed by atoms with van der Waals surface area (Å²) in [5.41, 5.74) is -1.02. The molecule has 7 heteroatoms. The van der Waals surface area contributed by atoms with Gasteiger partial charge in [-0.15, -0.1) is 0 Å². The van der Waals surface area contributed by atoms with Crippen LogP contribution in [0, 0.1) is 29.1 Å². The molecule has 0 fully saturated rings. The third-order valence-corrected chi connectivity index (χ3v) is 4.60. The third-order valence-electron chi connectivity index (χ3n) is 4.60. The molecule has 0 N–H and O–H groups in total. The van der Waals surface area contributed by atoms with Crippen LogP contribution in [0.1, 0.15) is 89.5 Å². The summed E-state index contributed by atoms with van der Waals surface area (Å²) in [6, 6.07) is 0. The first-order chi connectivity index (χ1) is 13.5. The molecule has 160 valence electrons. The number of hydrogen-bond acceptors (Lipinski definition) is 2. The number of benzene rings is 1. The minimum absolute atomic E-state index is 0.633. The van der Waals surface area contributed by atoms with E-state index in [1.54, 1.807) is 0 Å². The Morgan fingerprint density at radius 2 is 1.07 bits per heavy atom. The van der Waals surface area contributed by atoms with Gasteiger partial charge in [-0.2, -0.15) is 0 Å². The van der Waals surface area contributed by atoms with Gasteiger partial charge < -0.3 is 4.84 Å². The van der Waals surface area contributed by atoms with Crippen molar-refractivity contribution in [1.29, 1.82) is 0 Å². The molecule has 0 atom stereocenters. The molecular weight excluding hydrogens is 377 g/mol. The summed E-state index contributed by atoms with van der Waals surface area (Å²) >= 11 is 0. The van der Waals surface area contributed by atoms with E-state index in [1.807, 2.05) is 0 Å². The van der Waals surface area contributed by atoms with E-state index in [0.29, 0.717) is 6.42 Å². The van der Waals surface area contributed by atoms with Gasteiger partial charge in [-0.1, -0.05) is 76.3 Å². The molecule has 0 saturated carbocycles. The molecule has 0 bridgehead atoms. The van der Waals surface area contributed by atoms with Crippen LogP contribution in [0.3, 0.4) is 0 Å². The molecule has 28 heavy (non-hydrogen) atoms. The molecule has 1 rings (SSSR count). The topological polar surface area (TPSA) is 21.6 Å². The van der Waals surface area contributed by atoms with Crippen molar-refractivity contribution in [2.24, 2.45) is 5.16 Å². The van der Waals surface area contributed by atoms with Crippen LogP contribution < -0.4 is 0 Å². The second-order valence-electron chi connectivity index (χ2n) is 6.93. The highest BCUT2D eigenvalue weighted by atomic mass is 19.2. The van der Waals surface area contributed by atoms with E-state index in [-0.39, 0.29) is 0 Å². The van der Waals surface area contributed by atoms with E-state index in [2.05, 4.69) is 16.9 Å².